The van der Waals surface area contributed by atoms with Crippen LogP contribution in [0.4, 0.5) is 0 Å². The van der Waals surface area contributed by atoms with E-state index in [0.717, 1.165) is 4.70 Å². The van der Waals surface area contributed by atoms with Crippen molar-refractivity contribution < 1.29 is 13.2 Å². The molecule has 1 aromatic carbocycles. The first-order chi connectivity index (χ1) is 11.7. The molecule has 0 saturated carbocycles. The van der Waals surface area contributed by atoms with E-state index in [1.54, 1.807) is 12.1 Å². The van der Waals surface area contributed by atoms with Crippen LogP contribution in [0.1, 0.15) is 22.5 Å². The first-order valence-corrected chi connectivity index (χ1v) is 11.3. The minimum Gasteiger partial charge on any atom is -0.348 e. The molecule has 0 unspecified atom stereocenters. The molecule has 1 aromatic heterocycles. The Morgan fingerprint density at radius 3 is 2.48 bits per heavy atom. The summed E-state index contributed by atoms with van der Waals surface area (Å²) in [5.74, 6) is -0.281. The third kappa shape index (κ3) is 4.07. The van der Waals surface area contributed by atoms with E-state index in [9.17, 15) is 13.2 Å². The lowest BCUT2D eigenvalue weighted by Crippen LogP contribution is -2.46. The van der Waals surface area contributed by atoms with Crippen molar-refractivity contribution in [1.82, 2.24) is 9.62 Å². The quantitative estimate of drug-likeness (QED) is 0.782. The Bertz CT molecular complexity index is 935. The lowest BCUT2D eigenvalue weighted by atomic mass is 10.1. The lowest BCUT2D eigenvalue weighted by molar-refractivity contribution is 0.0928. The molecule has 1 saturated heterocycles. The van der Waals surface area contributed by atoms with Crippen molar-refractivity contribution >= 4 is 72.2 Å². The lowest BCUT2D eigenvalue weighted by Gasteiger charge is -2.30. The van der Waals surface area contributed by atoms with E-state index in [2.05, 4.69) is 5.32 Å². The molecule has 136 valence electrons. The van der Waals surface area contributed by atoms with Crippen LogP contribution in [-0.4, -0.2) is 44.0 Å². The van der Waals surface area contributed by atoms with Gasteiger partial charge in [-0.15, -0.1) is 11.3 Å². The van der Waals surface area contributed by atoms with Gasteiger partial charge in [0.15, 0.2) is 0 Å². The second kappa shape index (κ2) is 7.21. The van der Waals surface area contributed by atoms with Crippen molar-refractivity contribution in [2.75, 3.05) is 19.3 Å². The smallest absolute Gasteiger partial charge is 0.263 e. The number of carbonyl (C=O) groups is 1. The third-order valence-electron chi connectivity index (χ3n) is 4.11. The normalized spacial score (nSPS) is 17.1. The van der Waals surface area contributed by atoms with Crippen LogP contribution in [0.25, 0.3) is 10.1 Å². The number of piperidine rings is 1. The minimum absolute atomic E-state index is 0.0918. The van der Waals surface area contributed by atoms with Crippen molar-refractivity contribution in [2.45, 2.75) is 18.9 Å². The van der Waals surface area contributed by atoms with Gasteiger partial charge in [-0.05, 0) is 25.0 Å². The molecule has 1 amide bonds. The van der Waals surface area contributed by atoms with E-state index in [0.29, 0.717) is 51.3 Å². The van der Waals surface area contributed by atoms with Gasteiger partial charge in [-0.2, -0.15) is 0 Å². The molecule has 5 nitrogen and oxygen atoms in total. The molecule has 3 rings (SSSR count). The maximum Gasteiger partial charge on any atom is 0.263 e. The van der Waals surface area contributed by atoms with Crippen LogP contribution in [0, 0.1) is 0 Å². The Morgan fingerprint density at radius 2 is 1.88 bits per heavy atom. The van der Waals surface area contributed by atoms with Gasteiger partial charge in [0, 0.05) is 34.2 Å². The van der Waals surface area contributed by atoms with Crippen molar-refractivity contribution in [3.8, 4) is 0 Å². The van der Waals surface area contributed by atoms with Crippen molar-refractivity contribution in [1.29, 1.82) is 0 Å². The molecule has 25 heavy (non-hydrogen) atoms. The van der Waals surface area contributed by atoms with Gasteiger partial charge in [-0.3, -0.25) is 4.79 Å². The molecule has 10 heteroatoms. The van der Waals surface area contributed by atoms with Crippen LogP contribution in [0.15, 0.2) is 12.1 Å². The summed E-state index contributed by atoms with van der Waals surface area (Å²) in [7, 11) is -3.19. The first kappa shape index (κ1) is 19.2. The number of nitrogens with zero attached hydrogens (tertiary/aromatic N) is 1. The number of benzene rings is 1. The molecule has 2 heterocycles. The Kier molecular flexibility index (Phi) is 5.54. The fraction of sp³-hybridized carbons (Fsp3) is 0.400. The van der Waals surface area contributed by atoms with Gasteiger partial charge in [0.25, 0.3) is 5.91 Å². The molecule has 0 aliphatic carbocycles. The number of sulfonamides is 1. The van der Waals surface area contributed by atoms with E-state index in [1.807, 2.05) is 0 Å². The molecule has 0 radical (unpaired) electrons. The second-order valence-corrected chi connectivity index (χ2v) is 10.2. The molecular formula is C15H15Cl3N2O3S2. The van der Waals surface area contributed by atoms with Gasteiger partial charge in [-0.1, -0.05) is 34.8 Å². The topological polar surface area (TPSA) is 66.5 Å². The maximum atomic E-state index is 12.6. The summed E-state index contributed by atoms with van der Waals surface area (Å²) in [6.45, 7) is 0.788. The van der Waals surface area contributed by atoms with E-state index in [4.69, 9.17) is 34.8 Å². The van der Waals surface area contributed by atoms with Crippen LogP contribution in [0.3, 0.4) is 0 Å². The molecule has 1 aliphatic heterocycles. The van der Waals surface area contributed by atoms with Crippen molar-refractivity contribution in [3.63, 3.8) is 0 Å². The molecule has 0 bridgehead atoms. The Hall–Kier alpha value is -0.570. The Balaban J connectivity index is 1.76. The van der Waals surface area contributed by atoms with Gasteiger partial charge in [-0.25, -0.2) is 12.7 Å². The number of amides is 1. The summed E-state index contributed by atoms with van der Waals surface area (Å²) in [6, 6.07) is 3.22. The zero-order chi connectivity index (χ0) is 18.4. The van der Waals surface area contributed by atoms with Crippen LogP contribution in [-0.2, 0) is 10.0 Å². The predicted octanol–water partition coefficient (Wildman–Crippen LogP) is 4.02. The number of halogens is 3. The van der Waals surface area contributed by atoms with E-state index >= 15 is 0 Å². The van der Waals surface area contributed by atoms with Gasteiger partial charge < -0.3 is 5.32 Å². The molecular weight excluding hydrogens is 427 g/mol. The monoisotopic (exact) mass is 440 g/mol. The summed E-state index contributed by atoms with van der Waals surface area (Å²) >= 11 is 19.8. The van der Waals surface area contributed by atoms with Crippen LogP contribution in [0.5, 0.6) is 0 Å². The number of rotatable bonds is 3. The minimum atomic E-state index is -3.19. The first-order valence-electron chi connectivity index (χ1n) is 7.50. The predicted molar refractivity (Wildman–Crippen MR) is 104 cm³/mol. The Labute approximate surface area is 164 Å². The zero-order valence-electron chi connectivity index (χ0n) is 13.2. The summed E-state index contributed by atoms with van der Waals surface area (Å²) in [5.41, 5.74) is 0. The van der Waals surface area contributed by atoms with E-state index in [-0.39, 0.29) is 11.9 Å². The number of hydrogen-bond donors (Lipinski definition) is 1. The van der Waals surface area contributed by atoms with Crippen molar-refractivity contribution in [2.24, 2.45) is 0 Å². The fourth-order valence-corrected chi connectivity index (χ4v) is 6.00. The van der Waals surface area contributed by atoms with Gasteiger partial charge >= 0.3 is 0 Å². The van der Waals surface area contributed by atoms with Crippen LogP contribution in [0.2, 0.25) is 15.1 Å². The molecule has 1 fully saturated rings. The largest absolute Gasteiger partial charge is 0.348 e. The summed E-state index contributed by atoms with van der Waals surface area (Å²) in [6.07, 6.45) is 2.32. The van der Waals surface area contributed by atoms with Crippen LogP contribution >= 0.6 is 46.1 Å². The van der Waals surface area contributed by atoms with Gasteiger partial charge in [0.1, 0.15) is 4.88 Å². The average Bonchev–Trinajstić information content (AvgIpc) is 2.84. The number of thiophene rings is 1. The molecule has 2 aromatic rings. The molecule has 1 N–H and O–H groups in total. The third-order valence-corrected chi connectivity index (χ3v) is 7.56. The second-order valence-electron chi connectivity index (χ2n) is 5.92. The zero-order valence-corrected chi connectivity index (χ0v) is 17.1. The van der Waals surface area contributed by atoms with E-state index < -0.39 is 10.0 Å². The SMILES string of the molecule is CS(=O)(=O)N1CCC(NC(=O)c2sc3cc(Cl)cc(Cl)c3c2Cl)CC1. The van der Waals surface area contributed by atoms with Crippen molar-refractivity contribution in [3.05, 3.63) is 32.1 Å². The highest BCUT2D eigenvalue weighted by Gasteiger charge is 2.27. The number of carbonyl (C=O) groups excluding carboxylic acids is 1. The maximum absolute atomic E-state index is 12.6. The molecule has 0 spiro atoms. The average molecular weight is 442 g/mol. The Morgan fingerprint density at radius 1 is 1.24 bits per heavy atom. The number of fused-ring (bicyclic) bond motifs is 1. The summed E-state index contributed by atoms with van der Waals surface area (Å²) in [5, 5.41) is 4.75. The summed E-state index contributed by atoms with van der Waals surface area (Å²) < 4.78 is 25.2. The molecule has 0 atom stereocenters. The standard InChI is InChI=1S/C15H15Cl3N2O3S2/c1-25(22,23)20-4-2-9(3-5-20)19-15(21)14-13(18)12-10(17)6-8(16)7-11(12)24-14/h6-7,9H,2-5H2,1H3,(H,19,21). The van der Waals surface area contributed by atoms with E-state index in [1.165, 1.54) is 21.9 Å². The molecule has 1 aliphatic rings. The number of nitrogens with one attached hydrogen (secondary N) is 1. The fourth-order valence-electron chi connectivity index (χ4n) is 2.84. The highest BCUT2D eigenvalue weighted by atomic mass is 35.5. The highest BCUT2D eigenvalue weighted by Crippen LogP contribution is 2.41. The van der Waals surface area contributed by atoms with Gasteiger partial charge in [0.2, 0.25) is 10.0 Å². The number of hydrogen-bond acceptors (Lipinski definition) is 4. The van der Waals surface area contributed by atoms with Gasteiger partial charge in [0.05, 0.1) is 16.3 Å². The van der Waals surface area contributed by atoms with Crippen LogP contribution < -0.4 is 5.32 Å². The summed E-state index contributed by atoms with van der Waals surface area (Å²) in [4.78, 5) is 13.0. The highest BCUT2D eigenvalue weighted by molar-refractivity contribution is 7.88.